The van der Waals surface area contributed by atoms with Crippen LogP contribution in [0.4, 0.5) is 5.69 Å². The van der Waals surface area contributed by atoms with Crippen LogP contribution in [0.2, 0.25) is 0 Å². The summed E-state index contributed by atoms with van der Waals surface area (Å²) >= 11 is 0. The fourth-order valence-electron chi connectivity index (χ4n) is 3.36. The first-order valence-corrected chi connectivity index (χ1v) is 11.2. The summed E-state index contributed by atoms with van der Waals surface area (Å²) in [6.07, 6.45) is 2.47. The molecule has 9 heteroatoms. The van der Waals surface area contributed by atoms with Crippen molar-refractivity contribution in [2.75, 3.05) is 11.4 Å². The smallest absolute Gasteiger partial charge is 0.338 e. The molecule has 0 aromatic heterocycles. The maximum absolute atomic E-state index is 12.7. The molecular weight excluding hydrogens is 394 g/mol. The van der Waals surface area contributed by atoms with Gasteiger partial charge in [0.15, 0.2) is 6.10 Å². The van der Waals surface area contributed by atoms with Crippen molar-refractivity contribution in [2.24, 2.45) is 4.40 Å². The minimum absolute atomic E-state index is 0.00982. The van der Waals surface area contributed by atoms with E-state index >= 15 is 0 Å². The Morgan fingerprint density at radius 1 is 1.21 bits per heavy atom. The Hall–Kier alpha value is -2.42. The number of carbonyl (C=O) groups is 2. The van der Waals surface area contributed by atoms with Gasteiger partial charge in [0.25, 0.3) is 15.9 Å². The van der Waals surface area contributed by atoms with E-state index in [-0.39, 0.29) is 10.5 Å². The molecular formula is C20H27N3O5S. The fraction of sp³-hybridized carbons (Fsp3) is 0.550. The minimum atomic E-state index is -3.89. The van der Waals surface area contributed by atoms with E-state index in [1.807, 2.05) is 25.7 Å². The monoisotopic (exact) mass is 421 g/mol. The molecule has 0 bridgehead atoms. The maximum Gasteiger partial charge on any atom is 0.338 e. The normalized spacial score (nSPS) is 19.2. The van der Waals surface area contributed by atoms with Gasteiger partial charge in [-0.3, -0.25) is 4.79 Å². The van der Waals surface area contributed by atoms with Gasteiger partial charge in [-0.1, -0.05) is 6.42 Å². The molecule has 0 unspecified atom stereocenters. The number of fused-ring (bicyclic) bond motifs is 3. The number of amidine groups is 1. The Morgan fingerprint density at radius 2 is 1.93 bits per heavy atom. The van der Waals surface area contributed by atoms with Crippen LogP contribution in [0.3, 0.4) is 0 Å². The van der Waals surface area contributed by atoms with E-state index in [1.165, 1.54) is 19.1 Å². The number of nitrogens with zero attached hydrogens (tertiary/aromatic N) is 2. The molecule has 2 heterocycles. The average molecular weight is 422 g/mol. The number of sulfonamides is 1. The Balaban J connectivity index is 1.84. The molecule has 1 fully saturated rings. The quantitative estimate of drug-likeness (QED) is 0.752. The summed E-state index contributed by atoms with van der Waals surface area (Å²) in [5.74, 6) is -0.627. The van der Waals surface area contributed by atoms with Gasteiger partial charge >= 0.3 is 5.97 Å². The third kappa shape index (κ3) is 4.77. The number of benzene rings is 1. The Bertz CT molecular complexity index is 963. The molecule has 2 aliphatic rings. The molecule has 0 radical (unpaired) electrons. The number of anilines is 1. The zero-order valence-corrected chi connectivity index (χ0v) is 18.0. The first-order chi connectivity index (χ1) is 13.5. The van der Waals surface area contributed by atoms with Gasteiger partial charge in [0.05, 0.1) is 11.3 Å². The molecule has 1 aromatic rings. The summed E-state index contributed by atoms with van der Waals surface area (Å²) in [4.78, 5) is 26.6. The Kier molecular flexibility index (Phi) is 5.71. The highest BCUT2D eigenvalue weighted by atomic mass is 32.2. The van der Waals surface area contributed by atoms with Crippen molar-refractivity contribution in [3.05, 3.63) is 23.8 Å². The molecule has 1 N–H and O–H groups in total. The molecule has 1 aromatic carbocycles. The van der Waals surface area contributed by atoms with Crippen molar-refractivity contribution in [3.63, 3.8) is 0 Å². The van der Waals surface area contributed by atoms with Crippen molar-refractivity contribution in [1.82, 2.24) is 5.32 Å². The lowest BCUT2D eigenvalue weighted by atomic mass is 10.1. The molecule has 0 spiro atoms. The van der Waals surface area contributed by atoms with Gasteiger partial charge < -0.3 is 15.0 Å². The lowest BCUT2D eigenvalue weighted by Crippen LogP contribution is -2.46. The molecule has 8 nitrogen and oxygen atoms in total. The molecule has 3 rings (SSSR count). The predicted molar refractivity (Wildman–Crippen MR) is 110 cm³/mol. The standard InChI is InChI=1S/C20H27N3O5S/c1-13(18(24)21-20(2,3)4)28-19(25)14-9-10-15-16(12-14)29(26,27)22-17-8-6-5-7-11-23(15)17/h9-10,12-13H,5-8,11H2,1-4H3,(H,21,24)/t13-/m1/s1. The highest BCUT2D eigenvalue weighted by Crippen LogP contribution is 2.35. The summed E-state index contributed by atoms with van der Waals surface area (Å²) in [7, 11) is -3.89. The SMILES string of the molecule is C[C@@H](OC(=O)c1ccc2c(c1)S(=O)(=O)N=C1CCCCCN12)C(=O)NC(C)(C)C. The predicted octanol–water partition coefficient (Wildman–Crippen LogP) is 2.63. The van der Waals surface area contributed by atoms with Crippen LogP contribution in [0, 0.1) is 0 Å². The van der Waals surface area contributed by atoms with E-state index in [0.29, 0.717) is 24.5 Å². The first-order valence-electron chi connectivity index (χ1n) is 9.76. The average Bonchev–Trinajstić information content (AvgIpc) is 2.84. The van der Waals surface area contributed by atoms with Crippen LogP contribution >= 0.6 is 0 Å². The zero-order valence-electron chi connectivity index (χ0n) is 17.2. The van der Waals surface area contributed by atoms with E-state index in [9.17, 15) is 18.0 Å². The molecule has 1 amide bonds. The second kappa shape index (κ2) is 7.78. The maximum atomic E-state index is 12.7. The lowest BCUT2D eigenvalue weighted by molar-refractivity contribution is -0.130. The van der Waals surface area contributed by atoms with Gasteiger partial charge in [-0.15, -0.1) is 4.40 Å². The number of nitrogens with one attached hydrogen (secondary N) is 1. The van der Waals surface area contributed by atoms with E-state index in [1.54, 1.807) is 6.07 Å². The van der Waals surface area contributed by atoms with Crippen molar-refractivity contribution >= 4 is 33.4 Å². The fourth-order valence-corrected chi connectivity index (χ4v) is 4.64. The molecule has 1 atom stereocenters. The number of rotatable bonds is 3. The third-order valence-electron chi connectivity index (χ3n) is 4.73. The van der Waals surface area contributed by atoms with Crippen LogP contribution in [0.1, 0.15) is 63.7 Å². The number of amides is 1. The minimum Gasteiger partial charge on any atom is -0.449 e. The van der Waals surface area contributed by atoms with Gasteiger partial charge in [-0.05, 0) is 58.7 Å². The van der Waals surface area contributed by atoms with Gasteiger partial charge in [0, 0.05) is 18.5 Å². The Labute approximate surface area is 171 Å². The van der Waals surface area contributed by atoms with E-state index in [4.69, 9.17) is 4.74 Å². The highest BCUT2D eigenvalue weighted by Gasteiger charge is 2.32. The molecule has 158 valence electrons. The second-order valence-corrected chi connectivity index (χ2v) is 9.99. The first kappa shape index (κ1) is 21.3. The molecule has 29 heavy (non-hydrogen) atoms. The molecule has 0 aliphatic carbocycles. The van der Waals surface area contributed by atoms with Crippen LogP contribution in [-0.2, 0) is 19.6 Å². The Morgan fingerprint density at radius 3 is 2.62 bits per heavy atom. The van der Waals surface area contributed by atoms with Crippen LogP contribution < -0.4 is 10.2 Å². The highest BCUT2D eigenvalue weighted by molar-refractivity contribution is 7.90. The summed E-state index contributed by atoms with van der Waals surface area (Å²) < 4.78 is 34.5. The van der Waals surface area contributed by atoms with E-state index in [0.717, 1.165) is 19.3 Å². The number of hydrogen-bond donors (Lipinski definition) is 1. The number of esters is 1. The van der Waals surface area contributed by atoms with Gasteiger partial charge in [0.1, 0.15) is 10.7 Å². The van der Waals surface area contributed by atoms with Crippen molar-refractivity contribution in [2.45, 2.75) is 69.9 Å². The van der Waals surface area contributed by atoms with Gasteiger partial charge in [0.2, 0.25) is 0 Å². The van der Waals surface area contributed by atoms with E-state index in [2.05, 4.69) is 9.71 Å². The van der Waals surface area contributed by atoms with Crippen LogP contribution in [0.15, 0.2) is 27.5 Å². The van der Waals surface area contributed by atoms with E-state index < -0.39 is 33.5 Å². The molecule has 1 saturated heterocycles. The zero-order chi connectivity index (χ0) is 21.4. The summed E-state index contributed by atoms with van der Waals surface area (Å²) in [6, 6.07) is 4.43. The second-order valence-electron chi connectivity index (χ2n) is 8.41. The van der Waals surface area contributed by atoms with Crippen molar-refractivity contribution < 1.29 is 22.7 Å². The largest absolute Gasteiger partial charge is 0.449 e. The third-order valence-corrected chi connectivity index (χ3v) is 6.07. The summed E-state index contributed by atoms with van der Waals surface area (Å²) in [6.45, 7) is 7.64. The van der Waals surface area contributed by atoms with Crippen LogP contribution in [0.5, 0.6) is 0 Å². The summed E-state index contributed by atoms with van der Waals surface area (Å²) in [5.41, 5.74) is 0.142. The molecule has 2 aliphatic heterocycles. The van der Waals surface area contributed by atoms with Crippen molar-refractivity contribution in [3.8, 4) is 0 Å². The van der Waals surface area contributed by atoms with Crippen LogP contribution in [-0.4, -0.2) is 44.3 Å². The number of ether oxygens (including phenoxy) is 1. The number of hydrogen-bond acceptors (Lipinski definition) is 6. The van der Waals surface area contributed by atoms with Crippen molar-refractivity contribution in [1.29, 1.82) is 0 Å². The lowest BCUT2D eigenvalue weighted by Gasteiger charge is -2.29. The van der Waals surface area contributed by atoms with Crippen LogP contribution in [0.25, 0.3) is 0 Å². The molecule has 0 saturated carbocycles. The van der Waals surface area contributed by atoms with Gasteiger partial charge in [-0.2, -0.15) is 8.42 Å². The van der Waals surface area contributed by atoms with Gasteiger partial charge in [-0.25, -0.2) is 4.79 Å². The summed E-state index contributed by atoms with van der Waals surface area (Å²) in [5, 5.41) is 2.74. The topological polar surface area (TPSA) is 105 Å². The number of carbonyl (C=O) groups excluding carboxylic acids is 2.